The number of hydrogen-bond donors (Lipinski definition) is 2. The Balaban J connectivity index is 2.54. The minimum absolute atomic E-state index is 0.0709. The van der Waals surface area contributed by atoms with Crippen LogP contribution in [0.15, 0.2) is 18.2 Å². The first-order valence-electron chi connectivity index (χ1n) is 7.83. The Labute approximate surface area is 143 Å². The molecule has 0 radical (unpaired) electrons. The summed E-state index contributed by atoms with van der Waals surface area (Å²) < 4.78 is 11.0. The molecule has 128 valence electrons. The van der Waals surface area contributed by atoms with Crippen LogP contribution in [-0.2, 0) is 11.3 Å². The van der Waals surface area contributed by atoms with Crippen molar-refractivity contribution in [1.82, 2.24) is 10.6 Å². The number of ether oxygens (including phenoxy) is 2. The molecule has 0 aromatic heterocycles. The van der Waals surface area contributed by atoms with E-state index >= 15 is 0 Å². The summed E-state index contributed by atoms with van der Waals surface area (Å²) in [5.74, 6) is 1.65. The van der Waals surface area contributed by atoms with Gasteiger partial charge < -0.3 is 20.1 Å². The number of rotatable bonds is 8. The Morgan fingerprint density at radius 3 is 2.65 bits per heavy atom. The van der Waals surface area contributed by atoms with Crippen molar-refractivity contribution in [2.45, 2.75) is 40.2 Å². The average molecular weight is 338 g/mol. The van der Waals surface area contributed by atoms with Crippen LogP contribution in [-0.4, -0.2) is 24.7 Å². The molecule has 6 heteroatoms. The molecular formula is C17H26N2O3S. The monoisotopic (exact) mass is 338 g/mol. The maximum atomic E-state index is 11.6. The van der Waals surface area contributed by atoms with Gasteiger partial charge in [0.05, 0.1) is 13.7 Å². The second-order valence-corrected chi connectivity index (χ2v) is 6.07. The molecule has 1 rings (SSSR count). The van der Waals surface area contributed by atoms with Gasteiger partial charge in [-0.1, -0.05) is 26.8 Å². The van der Waals surface area contributed by atoms with E-state index in [1.165, 1.54) is 0 Å². The van der Waals surface area contributed by atoms with Crippen molar-refractivity contribution in [1.29, 1.82) is 0 Å². The number of carbonyl (C=O) groups is 1. The van der Waals surface area contributed by atoms with Gasteiger partial charge in [0.2, 0.25) is 5.91 Å². The van der Waals surface area contributed by atoms with E-state index in [-0.39, 0.29) is 5.91 Å². The van der Waals surface area contributed by atoms with Gasteiger partial charge in [-0.05, 0) is 42.3 Å². The maximum absolute atomic E-state index is 11.6. The molecule has 0 atom stereocenters. The summed E-state index contributed by atoms with van der Waals surface area (Å²) >= 11 is 5.13. The van der Waals surface area contributed by atoms with Gasteiger partial charge in [0.15, 0.2) is 16.6 Å². The zero-order valence-corrected chi connectivity index (χ0v) is 15.1. The van der Waals surface area contributed by atoms with E-state index in [0.29, 0.717) is 36.4 Å². The van der Waals surface area contributed by atoms with Gasteiger partial charge in [0.1, 0.15) is 0 Å². The second-order valence-electron chi connectivity index (χ2n) is 5.66. The molecule has 0 saturated carbocycles. The third kappa shape index (κ3) is 7.32. The molecule has 0 bridgehead atoms. The van der Waals surface area contributed by atoms with E-state index in [4.69, 9.17) is 21.7 Å². The fourth-order valence-electron chi connectivity index (χ4n) is 1.93. The molecule has 1 amide bonds. The Morgan fingerprint density at radius 2 is 2.04 bits per heavy atom. The van der Waals surface area contributed by atoms with Gasteiger partial charge in [0, 0.05) is 13.0 Å². The Morgan fingerprint density at radius 1 is 1.30 bits per heavy atom. The van der Waals surface area contributed by atoms with Gasteiger partial charge in [0.25, 0.3) is 0 Å². The van der Waals surface area contributed by atoms with E-state index in [2.05, 4.69) is 17.6 Å². The van der Waals surface area contributed by atoms with Crippen LogP contribution in [0.4, 0.5) is 0 Å². The summed E-state index contributed by atoms with van der Waals surface area (Å²) in [6.45, 7) is 7.19. The van der Waals surface area contributed by atoms with E-state index in [1.807, 2.05) is 32.0 Å². The van der Waals surface area contributed by atoms with Crippen LogP contribution in [0.1, 0.15) is 39.2 Å². The van der Waals surface area contributed by atoms with Crippen molar-refractivity contribution in [2.75, 3.05) is 13.7 Å². The molecule has 0 unspecified atom stereocenters. The third-order valence-electron chi connectivity index (χ3n) is 2.99. The first-order valence-corrected chi connectivity index (χ1v) is 8.24. The predicted molar refractivity (Wildman–Crippen MR) is 95.8 cm³/mol. The first kappa shape index (κ1) is 19.2. The largest absolute Gasteiger partial charge is 0.493 e. The fraction of sp³-hybridized carbons (Fsp3) is 0.529. The molecule has 0 aliphatic heterocycles. The molecule has 0 heterocycles. The SMILES string of the molecule is CCCOc1ccc(CNC(=S)NC(=O)CC(C)C)cc1OC. The minimum Gasteiger partial charge on any atom is -0.493 e. The molecule has 2 N–H and O–H groups in total. The van der Waals surface area contributed by atoms with Gasteiger partial charge in [-0.3, -0.25) is 4.79 Å². The summed E-state index contributed by atoms with van der Waals surface area (Å²) in [4.78, 5) is 11.6. The van der Waals surface area contributed by atoms with Crippen molar-refractivity contribution >= 4 is 23.2 Å². The number of benzene rings is 1. The summed E-state index contributed by atoms with van der Waals surface area (Å²) in [7, 11) is 1.61. The average Bonchev–Trinajstić information content (AvgIpc) is 2.50. The minimum atomic E-state index is -0.0709. The standard InChI is InChI=1S/C17H26N2O3S/c1-5-8-22-14-7-6-13(10-15(14)21-4)11-18-17(23)19-16(20)9-12(2)3/h6-7,10,12H,5,8-9,11H2,1-4H3,(H2,18,19,20,23). The quantitative estimate of drug-likeness (QED) is 0.714. The normalized spacial score (nSPS) is 10.3. The zero-order chi connectivity index (χ0) is 17.2. The summed E-state index contributed by atoms with van der Waals surface area (Å²) in [5, 5.41) is 6.03. The molecule has 23 heavy (non-hydrogen) atoms. The molecular weight excluding hydrogens is 312 g/mol. The van der Waals surface area contributed by atoms with Gasteiger partial charge in [-0.25, -0.2) is 0 Å². The molecule has 5 nitrogen and oxygen atoms in total. The van der Waals surface area contributed by atoms with Crippen molar-refractivity contribution in [3.63, 3.8) is 0 Å². The molecule has 0 aliphatic rings. The van der Waals surface area contributed by atoms with E-state index in [1.54, 1.807) is 7.11 Å². The summed E-state index contributed by atoms with van der Waals surface area (Å²) in [6, 6.07) is 5.72. The Kier molecular flexibility index (Phi) is 8.40. The van der Waals surface area contributed by atoms with Crippen molar-refractivity contribution in [3.8, 4) is 11.5 Å². The fourth-order valence-corrected chi connectivity index (χ4v) is 2.11. The smallest absolute Gasteiger partial charge is 0.226 e. The highest BCUT2D eigenvalue weighted by molar-refractivity contribution is 7.80. The number of carbonyl (C=O) groups excluding carboxylic acids is 1. The zero-order valence-electron chi connectivity index (χ0n) is 14.3. The number of hydrogen-bond acceptors (Lipinski definition) is 4. The third-order valence-corrected chi connectivity index (χ3v) is 3.24. The number of thiocarbonyl (C=S) groups is 1. The Bertz CT molecular complexity index is 533. The lowest BCUT2D eigenvalue weighted by Gasteiger charge is -2.13. The topological polar surface area (TPSA) is 59.6 Å². The molecule has 0 fully saturated rings. The number of methoxy groups -OCH3 is 1. The van der Waals surface area contributed by atoms with Crippen LogP contribution in [0.3, 0.4) is 0 Å². The van der Waals surface area contributed by atoms with Crippen molar-refractivity contribution < 1.29 is 14.3 Å². The number of amides is 1. The summed E-state index contributed by atoms with van der Waals surface area (Å²) in [5.41, 5.74) is 0.992. The molecule has 1 aromatic carbocycles. The van der Waals surface area contributed by atoms with Crippen LogP contribution in [0, 0.1) is 5.92 Å². The van der Waals surface area contributed by atoms with Crippen LogP contribution in [0.2, 0.25) is 0 Å². The summed E-state index contributed by atoms with van der Waals surface area (Å²) in [6.07, 6.45) is 1.40. The molecule has 0 spiro atoms. The van der Waals surface area contributed by atoms with Gasteiger partial charge in [-0.2, -0.15) is 0 Å². The molecule has 0 aliphatic carbocycles. The van der Waals surface area contributed by atoms with Crippen molar-refractivity contribution in [2.24, 2.45) is 5.92 Å². The van der Waals surface area contributed by atoms with Crippen LogP contribution >= 0.6 is 12.2 Å². The molecule has 1 aromatic rings. The lowest BCUT2D eigenvalue weighted by atomic mass is 10.1. The Hall–Kier alpha value is -1.82. The lowest BCUT2D eigenvalue weighted by Crippen LogP contribution is -2.39. The van der Waals surface area contributed by atoms with E-state index < -0.39 is 0 Å². The van der Waals surface area contributed by atoms with Crippen LogP contribution in [0.25, 0.3) is 0 Å². The van der Waals surface area contributed by atoms with Crippen molar-refractivity contribution in [3.05, 3.63) is 23.8 Å². The van der Waals surface area contributed by atoms with E-state index in [0.717, 1.165) is 17.7 Å². The van der Waals surface area contributed by atoms with E-state index in [9.17, 15) is 4.79 Å². The number of nitrogens with one attached hydrogen (secondary N) is 2. The lowest BCUT2D eigenvalue weighted by molar-refractivity contribution is -0.120. The predicted octanol–water partition coefficient (Wildman–Crippen LogP) is 3.02. The highest BCUT2D eigenvalue weighted by Crippen LogP contribution is 2.28. The first-order chi connectivity index (χ1) is 11.0. The maximum Gasteiger partial charge on any atom is 0.226 e. The second kappa shape index (κ2) is 10.0. The molecule has 0 saturated heterocycles. The van der Waals surface area contributed by atoms with Crippen LogP contribution < -0.4 is 20.1 Å². The van der Waals surface area contributed by atoms with Gasteiger partial charge >= 0.3 is 0 Å². The highest BCUT2D eigenvalue weighted by Gasteiger charge is 2.08. The van der Waals surface area contributed by atoms with Crippen LogP contribution in [0.5, 0.6) is 11.5 Å². The highest BCUT2D eigenvalue weighted by atomic mass is 32.1. The van der Waals surface area contributed by atoms with Gasteiger partial charge in [-0.15, -0.1) is 0 Å².